The number of benzene rings is 1. The lowest BCUT2D eigenvalue weighted by molar-refractivity contribution is -0.135. The van der Waals surface area contributed by atoms with Gasteiger partial charge in [-0.3, -0.25) is 9.79 Å². The lowest BCUT2D eigenvalue weighted by Crippen LogP contribution is -2.54. The van der Waals surface area contributed by atoms with E-state index < -0.39 is 0 Å². The molecule has 27 heavy (non-hydrogen) atoms. The molecule has 0 saturated carbocycles. The fourth-order valence-corrected chi connectivity index (χ4v) is 3.69. The van der Waals surface area contributed by atoms with Crippen molar-refractivity contribution in [3.63, 3.8) is 0 Å². The van der Waals surface area contributed by atoms with Gasteiger partial charge in [0.2, 0.25) is 5.91 Å². The predicted molar refractivity (Wildman–Crippen MR) is 121 cm³/mol. The van der Waals surface area contributed by atoms with Gasteiger partial charge in [-0.2, -0.15) is 0 Å². The first-order chi connectivity index (χ1) is 12.5. The summed E-state index contributed by atoms with van der Waals surface area (Å²) in [7, 11) is 1.74. The number of carbonyl (C=O) groups excluding carboxylic acids is 1. The van der Waals surface area contributed by atoms with Crippen molar-refractivity contribution in [1.29, 1.82) is 0 Å². The quantitative estimate of drug-likeness (QED) is 0.383. The first kappa shape index (κ1) is 21.9. The Kier molecular flexibility index (Phi) is 8.30. The Bertz CT molecular complexity index is 795. The van der Waals surface area contributed by atoms with Crippen molar-refractivity contribution in [2.75, 3.05) is 26.7 Å². The summed E-state index contributed by atoms with van der Waals surface area (Å²) in [5.74, 6) is 0.830. The Labute approximate surface area is 185 Å². The van der Waals surface area contributed by atoms with Crippen molar-refractivity contribution in [1.82, 2.24) is 20.1 Å². The van der Waals surface area contributed by atoms with Crippen LogP contribution in [-0.2, 0) is 17.9 Å². The number of rotatable bonds is 4. The van der Waals surface area contributed by atoms with Gasteiger partial charge >= 0.3 is 0 Å². The van der Waals surface area contributed by atoms with Gasteiger partial charge in [0.25, 0.3) is 0 Å². The molecule has 0 aliphatic carbocycles. The lowest BCUT2D eigenvalue weighted by Gasteiger charge is -2.36. The summed E-state index contributed by atoms with van der Waals surface area (Å²) >= 11 is 7.58. The highest BCUT2D eigenvalue weighted by molar-refractivity contribution is 14.0. The van der Waals surface area contributed by atoms with Gasteiger partial charge in [0.1, 0.15) is 5.01 Å². The number of carbonyl (C=O) groups is 1. The highest BCUT2D eigenvalue weighted by Gasteiger charge is 2.26. The molecule has 0 spiro atoms. The van der Waals surface area contributed by atoms with Gasteiger partial charge in [-0.15, -0.1) is 35.3 Å². The van der Waals surface area contributed by atoms with E-state index in [-0.39, 0.29) is 29.9 Å². The molecule has 1 amide bonds. The van der Waals surface area contributed by atoms with Crippen molar-refractivity contribution < 1.29 is 4.79 Å². The van der Waals surface area contributed by atoms with E-state index >= 15 is 0 Å². The number of halogens is 2. The summed E-state index contributed by atoms with van der Waals surface area (Å²) < 4.78 is 0. The number of hydrogen-bond donors (Lipinski definition) is 1. The summed E-state index contributed by atoms with van der Waals surface area (Å²) in [5.41, 5.74) is 1.08. The molecule has 0 radical (unpaired) electrons. The van der Waals surface area contributed by atoms with E-state index in [0.29, 0.717) is 31.2 Å². The van der Waals surface area contributed by atoms with Gasteiger partial charge in [0.15, 0.2) is 5.96 Å². The Hall–Kier alpha value is -1.39. The van der Waals surface area contributed by atoms with E-state index in [1.165, 1.54) is 4.88 Å². The summed E-state index contributed by atoms with van der Waals surface area (Å²) in [4.78, 5) is 26.2. The summed E-state index contributed by atoms with van der Waals surface area (Å²) in [6, 6.07) is 7.62. The fourth-order valence-electron chi connectivity index (χ4n) is 2.84. The molecule has 2 aromatic rings. The van der Waals surface area contributed by atoms with E-state index in [1.54, 1.807) is 18.4 Å². The highest BCUT2D eigenvalue weighted by Crippen LogP contribution is 2.14. The number of amides is 1. The van der Waals surface area contributed by atoms with Crippen LogP contribution in [0.5, 0.6) is 0 Å². The van der Waals surface area contributed by atoms with E-state index in [1.807, 2.05) is 47.2 Å². The highest BCUT2D eigenvalue weighted by atomic mass is 127. The Morgan fingerprint density at radius 2 is 2.07 bits per heavy atom. The number of guanidine groups is 1. The smallest absolute Gasteiger partial charge is 0.242 e. The van der Waals surface area contributed by atoms with Crippen molar-refractivity contribution in [3.05, 3.63) is 50.9 Å². The van der Waals surface area contributed by atoms with E-state index in [0.717, 1.165) is 23.1 Å². The number of piperazine rings is 1. The van der Waals surface area contributed by atoms with Crippen molar-refractivity contribution in [3.8, 4) is 0 Å². The summed E-state index contributed by atoms with van der Waals surface area (Å²) in [6.07, 6.45) is 1.86. The molecule has 1 saturated heterocycles. The average Bonchev–Trinajstić information content (AvgIpc) is 3.05. The van der Waals surface area contributed by atoms with Crippen LogP contribution in [0.1, 0.15) is 15.4 Å². The second-order valence-electron chi connectivity index (χ2n) is 6.13. The second kappa shape index (κ2) is 10.2. The van der Waals surface area contributed by atoms with Gasteiger partial charge in [-0.05, 0) is 24.6 Å². The topological polar surface area (TPSA) is 60.8 Å². The maximum absolute atomic E-state index is 12.5. The first-order valence-corrected chi connectivity index (χ1v) is 9.63. The van der Waals surface area contributed by atoms with Gasteiger partial charge in [-0.1, -0.05) is 23.7 Å². The summed E-state index contributed by atoms with van der Waals surface area (Å²) in [6.45, 7) is 4.99. The molecule has 146 valence electrons. The van der Waals surface area contributed by atoms with Crippen molar-refractivity contribution in [2.24, 2.45) is 4.99 Å². The zero-order chi connectivity index (χ0) is 18.5. The number of nitrogens with zero attached hydrogens (tertiary/aromatic N) is 4. The number of aromatic nitrogens is 1. The van der Waals surface area contributed by atoms with Crippen molar-refractivity contribution >= 4 is 58.8 Å². The van der Waals surface area contributed by atoms with Gasteiger partial charge in [-0.25, -0.2) is 4.98 Å². The standard InChI is InChI=1S/C18H22ClN5OS.HI/c1-13-9-21-16(26-13)10-22-18(20-2)24-8-7-23(17(25)12-24)11-14-3-5-15(19)6-4-14;/h3-6,9H,7-8,10-12H2,1-2H3,(H,20,22);1H. The first-order valence-electron chi connectivity index (χ1n) is 8.44. The second-order valence-corrected chi connectivity index (χ2v) is 7.88. The molecule has 1 fully saturated rings. The van der Waals surface area contributed by atoms with Crippen LogP contribution in [0.25, 0.3) is 0 Å². The Balaban J connectivity index is 0.00000261. The maximum Gasteiger partial charge on any atom is 0.242 e. The van der Waals surface area contributed by atoms with Crippen molar-refractivity contribution in [2.45, 2.75) is 20.0 Å². The lowest BCUT2D eigenvalue weighted by atomic mass is 10.2. The number of nitrogens with one attached hydrogen (secondary N) is 1. The van der Waals surface area contributed by atoms with Crippen LogP contribution in [0, 0.1) is 6.92 Å². The molecule has 1 aliphatic heterocycles. The molecule has 1 aliphatic rings. The third-order valence-corrected chi connectivity index (χ3v) is 5.35. The molecule has 6 nitrogen and oxygen atoms in total. The minimum Gasteiger partial charge on any atom is -0.350 e. The molecule has 3 rings (SSSR count). The third-order valence-electron chi connectivity index (χ3n) is 4.18. The third kappa shape index (κ3) is 6.05. The number of hydrogen-bond acceptors (Lipinski definition) is 4. The van der Waals surface area contributed by atoms with E-state index in [2.05, 4.69) is 15.3 Å². The van der Waals surface area contributed by atoms with Crippen LogP contribution in [0.15, 0.2) is 35.5 Å². The van der Waals surface area contributed by atoms with Crippen LogP contribution in [0.2, 0.25) is 5.02 Å². The van der Waals surface area contributed by atoms with Crippen LogP contribution in [0.4, 0.5) is 0 Å². The number of thiazole rings is 1. The maximum atomic E-state index is 12.5. The monoisotopic (exact) mass is 519 g/mol. The molecule has 0 unspecified atom stereocenters. The van der Waals surface area contributed by atoms with Crippen LogP contribution in [-0.4, -0.2) is 53.3 Å². The molecular formula is C18H23ClIN5OS. The zero-order valence-corrected chi connectivity index (χ0v) is 19.2. The van der Waals surface area contributed by atoms with E-state index in [4.69, 9.17) is 11.6 Å². The molecular weight excluding hydrogens is 497 g/mol. The minimum atomic E-state index is 0. The molecule has 2 heterocycles. The minimum absolute atomic E-state index is 0. The van der Waals surface area contributed by atoms with Gasteiger partial charge in [0, 0.05) is 42.8 Å². The largest absolute Gasteiger partial charge is 0.350 e. The fraction of sp³-hybridized carbons (Fsp3) is 0.389. The molecule has 1 aromatic carbocycles. The molecule has 1 N–H and O–H groups in total. The van der Waals surface area contributed by atoms with Crippen LogP contribution < -0.4 is 5.32 Å². The Morgan fingerprint density at radius 1 is 1.33 bits per heavy atom. The van der Waals surface area contributed by atoms with E-state index in [9.17, 15) is 4.79 Å². The van der Waals surface area contributed by atoms with Crippen LogP contribution in [0.3, 0.4) is 0 Å². The summed E-state index contributed by atoms with van der Waals surface area (Å²) in [5, 5.41) is 5.01. The molecule has 0 bridgehead atoms. The predicted octanol–water partition coefficient (Wildman–Crippen LogP) is 3.14. The van der Waals surface area contributed by atoms with Crippen LogP contribution >= 0.6 is 46.9 Å². The van der Waals surface area contributed by atoms with Gasteiger partial charge in [0.05, 0.1) is 13.1 Å². The Morgan fingerprint density at radius 3 is 2.67 bits per heavy atom. The zero-order valence-electron chi connectivity index (χ0n) is 15.3. The van der Waals surface area contributed by atoms with Gasteiger partial charge < -0.3 is 15.1 Å². The number of aryl methyl sites for hydroxylation is 1. The SMILES string of the molecule is CN=C(NCc1ncc(C)s1)N1CCN(Cc2ccc(Cl)cc2)C(=O)C1.I. The number of aliphatic imine (C=N–C) groups is 1. The molecule has 1 aromatic heterocycles. The normalized spacial score (nSPS) is 14.9. The molecule has 0 atom stereocenters. The molecule has 9 heteroatoms. The average molecular weight is 520 g/mol.